The first-order chi connectivity index (χ1) is 10.1. The molecule has 0 amide bonds. The number of rotatable bonds is 5. The maximum absolute atomic E-state index is 14.0. The highest BCUT2D eigenvalue weighted by molar-refractivity contribution is 6.30. The van der Waals surface area contributed by atoms with Crippen LogP contribution in [0.4, 0.5) is 8.78 Å². The predicted molar refractivity (Wildman–Crippen MR) is 78.1 cm³/mol. The number of hydrogen-bond acceptors (Lipinski definition) is 3. The lowest BCUT2D eigenvalue weighted by atomic mass is 9.98. The number of halogens is 3. The van der Waals surface area contributed by atoms with E-state index in [1.54, 1.807) is 24.3 Å². The fourth-order valence-electron chi connectivity index (χ4n) is 2.08. The molecule has 0 aliphatic carbocycles. The molecule has 0 aromatic heterocycles. The van der Waals surface area contributed by atoms with Gasteiger partial charge in [0.15, 0.2) is 0 Å². The molecule has 3 nitrogen and oxygen atoms in total. The lowest BCUT2D eigenvalue weighted by Gasteiger charge is -2.19. The minimum absolute atomic E-state index is 0.0769. The summed E-state index contributed by atoms with van der Waals surface area (Å²) in [5.74, 6) is 4.80. The van der Waals surface area contributed by atoms with Crippen LogP contribution in [0, 0.1) is 11.6 Å². The van der Waals surface area contributed by atoms with Crippen LogP contribution < -0.4 is 16.0 Å². The van der Waals surface area contributed by atoms with Gasteiger partial charge in [-0.15, -0.1) is 0 Å². The van der Waals surface area contributed by atoms with E-state index >= 15 is 0 Å². The Bertz CT molecular complexity index is 637. The first-order valence-electron chi connectivity index (χ1n) is 6.40. The Morgan fingerprint density at radius 2 is 2.00 bits per heavy atom. The van der Waals surface area contributed by atoms with E-state index in [0.717, 1.165) is 12.1 Å². The van der Waals surface area contributed by atoms with Crippen molar-refractivity contribution in [3.8, 4) is 5.75 Å². The number of nitrogens with one attached hydrogen (secondary N) is 1. The molecule has 0 aliphatic rings. The van der Waals surface area contributed by atoms with Crippen LogP contribution in [0.15, 0.2) is 36.4 Å². The van der Waals surface area contributed by atoms with E-state index in [9.17, 15) is 8.78 Å². The Kier molecular flexibility index (Phi) is 5.12. The third kappa shape index (κ3) is 3.50. The molecule has 0 saturated carbocycles. The van der Waals surface area contributed by atoms with Gasteiger partial charge in [-0.1, -0.05) is 23.7 Å². The quantitative estimate of drug-likeness (QED) is 0.504. The van der Waals surface area contributed by atoms with Crippen molar-refractivity contribution in [1.82, 2.24) is 5.43 Å². The molecule has 0 radical (unpaired) electrons. The topological polar surface area (TPSA) is 47.3 Å². The molecule has 112 valence electrons. The van der Waals surface area contributed by atoms with Gasteiger partial charge in [-0.2, -0.15) is 0 Å². The molecule has 3 N–H and O–H groups in total. The van der Waals surface area contributed by atoms with Crippen molar-refractivity contribution in [2.24, 2.45) is 5.84 Å². The van der Waals surface area contributed by atoms with Crippen molar-refractivity contribution in [1.29, 1.82) is 0 Å². The number of ether oxygens (including phenoxy) is 1. The van der Waals surface area contributed by atoms with Crippen LogP contribution in [0.25, 0.3) is 0 Å². The summed E-state index contributed by atoms with van der Waals surface area (Å²) in [6.45, 7) is 2.37. The molecular formula is C15H15ClF2N2O. The molecule has 2 aromatic carbocycles. The third-order valence-electron chi connectivity index (χ3n) is 3.02. The average Bonchev–Trinajstić information content (AvgIpc) is 2.46. The van der Waals surface area contributed by atoms with Crippen LogP contribution in [0.1, 0.15) is 24.1 Å². The zero-order valence-corrected chi connectivity index (χ0v) is 12.1. The van der Waals surface area contributed by atoms with Crippen LogP contribution >= 0.6 is 11.6 Å². The van der Waals surface area contributed by atoms with Crippen LogP contribution in [0.5, 0.6) is 5.75 Å². The summed E-state index contributed by atoms with van der Waals surface area (Å²) in [7, 11) is 0. The van der Waals surface area contributed by atoms with Crippen molar-refractivity contribution in [3.63, 3.8) is 0 Å². The highest BCUT2D eigenvalue weighted by Gasteiger charge is 2.19. The lowest BCUT2D eigenvalue weighted by Crippen LogP contribution is -2.29. The summed E-state index contributed by atoms with van der Waals surface area (Å²) in [6.07, 6.45) is 0. The van der Waals surface area contributed by atoms with Crippen LogP contribution in [-0.2, 0) is 0 Å². The third-order valence-corrected chi connectivity index (χ3v) is 3.31. The Balaban J connectivity index is 2.44. The van der Waals surface area contributed by atoms with Gasteiger partial charge >= 0.3 is 0 Å². The first kappa shape index (κ1) is 15.7. The second-order valence-corrected chi connectivity index (χ2v) is 4.80. The van der Waals surface area contributed by atoms with Gasteiger partial charge in [0, 0.05) is 5.56 Å². The van der Waals surface area contributed by atoms with Gasteiger partial charge < -0.3 is 4.74 Å². The Labute approximate surface area is 126 Å². The molecule has 0 aliphatic heterocycles. The summed E-state index contributed by atoms with van der Waals surface area (Å²) in [5, 5.41) is -0.268. The van der Waals surface area contributed by atoms with Crippen LogP contribution in [-0.4, -0.2) is 6.61 Å². The Morgan fingerprint density at radius 3 is 2.67 bits per heavy atom. The summed E-state index contributed by atoms with van der Waals surface area (Å²) in [6, 6.07) is 8.27. The Hall–Kier alpha value is -1.69. The number of hydrogen-bond donors (Lipinski definition) is 2. The van der Waals surface area contributed by atoms with Gasteiger partial charge in [0.25, 0.3) is 0 Å². The second kappa shape index (κ2) is 6.85. The van der Waals surface area contributed by atoms with Crippen molar-refractivity contribution in [2.45, 2.75) is 13.0 Å². The molecule has 6 heteroatoms. The van der Waals surface area contributed by atoms with E-state index in [2.05, 4.69) is 5.43 Å². The van der Waals surface area contributed by atoms with Gasteiger partial charge in [0.1, 0.15) is 17.4 Å². The molecule has 2 rings (SSSR count). The lowest BCUT2D eigenvalue weighted by molar-refractivity contribution is 0.339. The van der Waals surface area contributed by atoms with Gasteiger partial charge in [-0.25, -0.2) is 14.2 Å². The fraction of sp³-hybridized carbons (Fsp3) is 0.200. The van der Waals surface area contributed by atoms with E-state index < -0.39 is 17.7 Å². The number of hydrazine groups is 1. The van der Waals surface area contributed by atoms with E-state index in [4.69, 9.17) is 22.2 Å². The van der Waals surface area contributed by atoms with E-state index in [-0.39, 0.29) is 10.6 Å². The molecule has 0 fully saturated rings. The Morgan fingerprint density at radius 1 is 1.24 bits per heavy atom. The van der Waals surface area contributed by atoms with Gasteiger partial charge in [0.2, 0.25) is 0 Å². The molecular weight excluding hydrogens is 298 g/mol. The normalized spacial score (nSPS) is 12.2. The molecule has 0 saturated heterocycles. The van der Waals surface area contributed by atoms with Crippen LogP contribution in [0.2, 0.25) is 5.02 Å². The highest BCUT2D eigenvalue weighted by Crippen LogP contribution is 2.29. The molecule has 0 spiro atoms. The van der Waals surface area contributed by atoms with Crippen molar-refractivity contribution in [3.05, 3.63) is 64.2 Å². The molecule has 1 atom stereocenters. The zero-order chi connectivity index (χ0) is 15.4. The molecule has 1 unspecified atom stereocenters. The van der Waals surface area contributed by atoms with Crippen molar-refractivity contribution in [2.75, 3.05) is 6.61 Å². The van der Waals surface area contributed by atoms with Gasteiger partial charge in [-0.05, 0) is 36.8 Å². The second-order valence-electron chi connectivity index (χ2n) is 4.39. The smallest absolute Gasteiger partial charge is 0.142 e. The molecule has 21 heavy (non-hydrogen) atoms. The number of benzene rings is 2. The largest absolute Gasteiger partial charge is 0.494 e. The van der Waals surface area contributed by atoms with Gasteiger partial charge in [-0.3, -0.25) is 5.84 Å². The zero-order valence-electron chi connectivity index (χ0n) is 11.4. The monoisotopic (exact) mass is 312 g/mol. The van der Waals surface area contributed by atoms with E-state index in [0.29, 0.717) is 17.9 Å². The average molecular weight is 313 g/mol. The van der Waals surface area contributed by atoms with Crippen molar-refractivity contribution >= 4 is 11.6 Å². The maximum atomic E-state index is 14.0. The minimum atomic E-state index is -0.711. The maximum Gasteiger partial charge on any atom is 0.142 e. The first-order valence-corrected chi connectivity index (χ1v) is 6.78. The highest BCUT2D eigenvalue weighted by atomic mass is 35.5. The minimum Gasteiger partial charge on any atom is -0.494 e. The number of nitrogens with two attached hydrogens (primary N) is 1. The molecule has 0 heterocycles. The van der Waals surface area contributed by atoms with E-state index in [1.165, 1.54) is 0 Å². The van der Waals surface area contributed by atoms with Crippen LogP contribution in [0.3, 0.4) is 0 Å². The predicted octanol–water partition coefficient (Wildman–Crippen LogP) is 3.57. The summed E-state index contributed by atoms with van der Waals surface area (Å²) in [4.78, 5) is 0. The fourth-order valence-corrected chi connectivity index (χ4v) is 2.23. The molecule has 0 bridgehead atoms. The standard InChI is InChI=1S/C15H15ClF2N2O/c1-2-21-10-5-3-4-9(6-10)15(20-19)11-7-14(18)12(16)8-13(11)17/h3-8,15,20H,2,19H2,1H3. The van der Waals surface area contributed by atoms with Gasteiger partial charge in [0.05, 0.1) is 17.7 Å². The summed E-state index contributed by atoms with van der Waals surface area (Å²) in [5.41, 5.74) is 3.22. The summed E-state index contributed by atoms with van der Waals surface area (Å²) >= 11 is 5.56. The van der Waals surface area contributed by atoms with Crippen molar-refractivity contribution < 1.29 is 13.5 Å². The SMILES string of the molecule is CCOc1cccc(C(NN)c2cc(F)c(Cl)cc2F)c1. The summed E-state index contributed by atoms with van der Waals surface area (Å²) < 4.78 is 33.0. The van der Waals surface area contributed by atoms with E-state index in [1.807, 2.05) is 6.92 Å². The molecule has 2 aromatic rings.